The van der Waals surface area contributed by atoms with Gasteiger partial charge in [-0.25, -0.2) is 0 Å². The minimum Gasteiger partial charge on any atom is -0.457 e. The lowest BCUT2D eigenvalue weighted by Gasteiger charge is -2.35. The first-order chi connectivity index (χ1) is 12.3. The predicted molar refractivity (Wildman–Crippen MR) is 98.6 cm³/mol. The van der Waals surface area contributed by atoms with Gasteiger partial charge < -0.3 is 9.47 Å². The summed E-state index contributed by atoms with van der Waals surface area (Å²) in [5, 5.41) is 9.18. The van der Waals surface area contributed by atoms with E-state index in [2.05, 4.69) is 18.2 Å². The Balaban J connectivity index is 1.62. The molecular formula is C22H25NO2. The van der Waals surface area contributed by atoms with Crippen molar-refractivity contribution in [3.63, 3.8) is 0 Å². The van der Waals surface area contributed by atoms with E-state index in [0.717, 1.165) is 56.8 Å². The third-order valence-electron chi connectivity index (χ3n) is 4.95. The Hall–Kier alpha value is -2.31. The van der Waals surface area contributed by atoms with Crippen LogP contribution < -0.4 is 4.74 Å². The average Bonchev–Trinajstić information content (AvgIpc) is 2.65. The summed E-state index contributed by atoms with van der Waals surface area (Å²) in [6.07, 6.45) is 5.78. The molecule has 2 aromatic rings. The van der Waals surface area contributed by atoms with Gasteiger partial charge in [-0.1, -0.05) is 36.4 Å². The lowest BCUT2D eigenvalue weighted by Crippen LogP contribution is -2.31. The molecule has 1 aliphatic heterocycles. The van der Waals surface area contributed by atoms with Gasteiger partial charge in [-0.15, -0.1) is 0 Å². The Kier molecular flexibility index (Phi) is 6.09. The quantitative estimate of drug-likeness (QED) is 0.670. The molecule has 0 aromatic heterocycles. The fraction of sp³-hybridized carbons (Fsp3) is 0.409. The molecule has 0 radical (unpaired) electrons. The molecule has 1 unspecified atom stereocenters. The number of para-hydroxylation sites is 2. The summed E-state index contributed by atoms with van der Waals surface area (Å²) in [6.45, 7) is 1.56. The molecule has 2 aromatic carbocycles. The molecule has 0 bridgehead atoms. The minimum absolute atomic E-state index is 0.0439. The molecule has 1 atom stereocenters. The Labute approximate surface area is 150 Å². The largest absolute Gasteiger partial charge is 0.457 e. The highest BCUT2D eigenvalue weighted by Crippen LogP contribution is 2.37. The fourth-order valence-corrected chi connectivity index (χ4v) is 3.58. The predicted octanol–water partition coefficient (Wildman–Crippen LogP) is 5.51. The maximum atomic E-state index is 9.18. The fourth-order valence-electron chi connectivity index (χ4n) is 3.58. The van der Waals surface area contributed by atoms with Gasteiger partial charge in [0, 0.05) is 18.4 Å². The van der Waals surface area contributed by atoms with Crippen molar-refractivity contribution < 1.29 is 9.47 Å². The highest BCUT2D eigenvalue weighted by Gasteiger charge is 2.32. The minimum atomic E-state index is 0.0439. The van der Waals surface area contributed by atoms with Crippen molar-refractivity contribution in [3.05, 3.63) is 60.2 Å². The van der Waals surface area contributed by atoms with Gasteiger partial charge in [0.25, 0.3) is 0 Å². The third-order valence-corrected chi connectivity index (χ3v) is 4.95. The first-order valence-corrected chi connectivity index (χ1v) is 9.07. The smallest absolute Gasteiger partial charge is 0.130 e. The summed E-state index contributed by atoms with van der Waals surface area (Å²) >= 11 is 0. The highest BCUT2D eigenvalue weighted by molar-refractivity contribution is 5.37. The van der Waals surface area contributed by atoms with Gasteiger partial charge in [-0.2, -0.15) is 5.26 Å². The van der Waals surface area contributed by atoms with Crippen molar-refractivity contribution in [2.75, 3.05) is 13.2 Å². The number of benzene rings is 2. The maximum absolute atomic E-state index is 9.18. The van der Waals surface area contributed by atoms with Crippen LogP contribution in [0, 0.1) is 16.7 Å². The molecule has 1 fully saturated rings. The van der Waals surface area contributed by atoms with Crippen LogP contribution in [0.5, 0.6) is 11.5 Å². The van der Waals surface area contributed by atoms with E-state index < -0.39 is 0 Å². The van der Waals surface area contributed by atoms with Crippen LogP contribution in [0.2, 0.25) is 0 Å². The van der Waals surface area contributed by atoms with E-state index in [9.17, 15) is 5.26 Å². The van der Waals surface area contributed by atoms with E-state index in [1.807, 2.05) is 42.5 Å². The van der Waals surface area contributed by atoms with Crippen LogP contribution in [0.3, 0.4) is 0 Å². The molecule has 0 amide bonds. The van der Waals surface area contributed by atoms with Gasteiger partial charge in [0.1, 0.15) is 11.5 Å². The third kappa shape index (κ3) is 4.84. The second-order valence-electron chi connectivity index (χ2n) is 6.87. The Morgan fingerprint density at radius 3 is 2.64 bits per heavy atom. The topological polar surface area (TPSA) is 42.2 Å². The molecule has 0 N–H and O–H groups in total. The summed E-state index contributed by atoms with van der Waals surface area (Å²) in [5.41, 5.74) is 1.26. The van der Waals surface area contributed by atoms with Gasteiger partial charge >= 0.3 is 0 Å². The first kappa shape index (κ1) is 17.5. The molecule has 3 nitrogen and oxygen atoms in total. The van der Waals surface area contributed by atoms with E-state index in [0.29, 0.717) is 6.42 Å². The Morgan fingerprint density at radius 2 is 1.88 bits per heavy atom. The van der Waals surface area contributed by atoms with Crippen LogP contribution in [-0.4, -0.2) is 13.2 Å². The van der Waals surface area contributed by atoms with Crippen LogP contribution in [0.1, 0.15) is 37.7 Å². The van der Waals surface area contributed by atoms with Gasteiger partial charge in [0.15, 0.2) is 0 Å². The molecule has 3 rings (SSSR count). The van der Waals surface area contributed by atoms with E-state index in [1.165, 1.54) is 5.56 Å². The summed E-state index contributed by atoms with van der Waals surface area (Å²) in [5.74, 6) is 1.78. The van der Waals surface area contributed by atoms with Crippen LogP contribution >= 0.6 is 0 Å². The number of rotatable bonds is 7. The molecule has 25 heavy (non-hydrogen) atoms. The molecule has 0 spiro atoms. The zero-order chi connectivity index (χ0) is 17.4. The van der Waals surface area contributed by atoms with Crippen molar-refractivity contribution >= 4 is 0 Å². The molecule has 0 saturated carbocycles. The van der Waals surface area contributed by atoms with Crippen LogP contribution in [-0.2, 0) is 11.2 Å². The number of ether oxygens (including phenoxy) is 2. The van der Waals surface area contributed by atoms with E-state index in [1.54, 1.807) is 0 Å². The first-order valence-electron chi connectivity index (χ1n) is 9.07. The molecule has 1 heterocycles. The van der Waals surface area contributed by atoms with Crippen LogP contribution in [0.4, 0.5) is 0 Å². The number of nitriles is 1. The monoisotopic (exact) mass is 335 g/mol. The standard InChI is InChI=1S/C22H25NO2/c23-16-15-22(14-7-17-24-18-22)13-6-9-19-8-4-5-12-21(19)25-20-10-2-1-3-11-20/h1-5,8,10-12H,6-7,9,13-15,17-18H2. The van der Waals surface area contributed by atoms with E-state index in [4.69, 9.17) is 9.47 Å². The SMILES string of the molecule is N#CCC1(CCCc2ccccc2Oc2ccccc2)CCCOC1. The maximum Gasteiger partial charge on any atom is 0.130 e. The zero-order valence-electron chi connectivity index (χ0n) is 14.6. The van der Waals surface area contributed by atoms with Crippen molar-refractivity contribution in [1.82, 2.24) is 0 Å². The summed E-state index contributed by atoms with van der Waals surface area (Å²) in [7, 11) is 0. The summed E-state index contributed by atoms with van der Waals surface area (Å²) in [6, 6.07) is 20.5. The molecule has 130 valence electrons. The van der Waals surface area contributed by atoms with Gasteiger partial charge in [0.2, 0.25) is 0 Å². The lowest BCUT2D eigenvalue weighted by molar-refractivity contribution is -0.0110. The number of nitrogens with zero attached hydrogens (tertiary/aromatic N) is 1. The summed E-state index contributed by atoms with van der Waals surface area (Å²) in [4.78, 5) is 0. The van der Waals surface area contributed by atoms with E-state index >= 15 is 0 Å². The summed E-state index contributed by atoms with van der Waals surface area (Å²) < 4.78 is 11.7. The molecule has 1 saturated heterocycles. The van der Waals surface area contributed by atoms with Gasteiger partial charge in [-0.05, 0) is 55.9 Å². The molecule has 1 aliphatic rings. The highest BCUT2D eigenvalue weighted by atomic mass is 16.5. The Morgan fingerprint density at radius 1 is 1.08 bits per heavy atom. The number of aryl methyl sites for hydroxylation is 1. The second-order valence-corrected chi connectivity index (χ2v) is 6.87. The molecular weight excluding hydrogens is 310 g/mol. The average molecular weight is 335 g/mol. The molecule has 0 aliphatic carbocycles. The van der Waals surface area contributed by atoms with Gasteiger partial charge in [-0.3, -0.25) is 0 Å². The van der Waals surface area contributed by atoms with Crippen molar-refractivity contribution in [2.45, 2.75) is 38.5 Å². The number of hydrogen-bond acceptors (Lipinski definition) is 3. The van der Waals surface area contributed by atoms with Crippen LogP contribution in [0.15, 0.2) is 54.6 Å². The second kappa shape index (κ2) is 8.69. The molecule has 3 heteroatoms. The van der Waals surface area contributed by atoms with Gasteiger partial charge in [0.05, 0.1) is 12.7 Å². The zero-order valence-corrected chi connectivity index (χ0v) is 14.6. The van der Waals surface area contributed by atoms with Crippen molar-refractivity contribution in [3.8, 4) is 17.6 Å². The Bertz CT molecular complexity index is 699. The number of hydrogen-bond donors (Lipinski definition) is 0. The van der Waals surface area contributed by atoms with Crippen molar-refractivity contribution in [2.24, 2.45) is 5.41 Å². The normalized spacial score (nSPS) is 20.0. The van der Waals surface area contributed by atoms with Crippen molar-refractivity contribution in [1.29, 1.82) is 5.26 Å². The van der Waals surface area contributed by atoms with E-state index in [-0.39, 0.29) is 5.41 Å². The van der Waals surface area contributed by atoms with Crippen LogP contribution in [0.25, 0.3) is 0 Å². The lowest BCUT2D eigenvalue weighted by atomic mass is 9.75.